The number of hydrogen-bond acceptors (Lipinski definition) is 6. The summed E-state index contributed by atoms with van der Waals surface area (Å²) in [6, 6.07) is 14.2. The van der Waals surface area contributed by atoms with Crippen LogP contribution in [0, 0.1) is 0 Å². The summed E-state index contributed by atoms with van der Waals surface area (Å²) in [5.41, 5.74) is 1.48. The quantitative estimate of drug-likeness (QED) is 0.0514. The van der Waals surface area contributed by atoms with Crippen molar-refractivity contribution < 1.29 is 21.9 Å². The Hall–Kier alpha value is -0.941. The van der Waals surface area contributed by atoms with E-state index < -0.39 is 39.4 Å². The molecule has 0 heterocycles. The Bertz CT molecular complexity index is 1330. The molecule has 0 amide bonds. The third-order valence-electron chi connectivity index (χ3n) is 10.4. The van der Waals surface area contributed by atoms with Gasteiger partial charge in [0.25, 0.3) is 0 Å². The fourth-order valence-corrected chi connectivity index (χ4v) is 27.9. The first-order valence-corrected chi connectivity index (χ1v) is 30.9. The minimum Gasteiger partial charge on any atom is -0.0654 e. The van der Waals surface area contributed by atoms with Gasteiger partial charge in [0.05, 0.1) is 0 Å². The van der Waals surface area contributed by atoms with Crippen molar-refractivity contribution in [1.82, 2.24) is 0 Å². The van der Waals surface area contributed by atoms with E-state index in [1.165, 1.54) is 89.9 Å². The van der Waals surface area contributed by atoms with Gasteiger partial charge in [-0.15, -0.1) is 0 Å². The molecular formula is C44H76O6S2Sn. The zero-order valence-electron chi connectivity index (χ0n) is 34.2. The Morgan fingerprint density at radius 3 is 1.00 bits per heavy atom. The van der Waals surface area contributed by atoms with Crippen LogP contribution in [0.3, 0.4) is 0 Å². The van der Waals surface area contributed by atoms with Crippen molar-refractivity contribution in [2.24, 2.45) is 0 Å². The second-order valence-electron chi connectivity index (χ2n) is 15.3. The van der Waals surface area contributed by atoms with Gasteiger partial charge in [0.2, 0.25) is 0 Å². The monoisotopic (exact) mass is 884 g/mol. The summed E-state index contributed by atoms with van der Waals surface area (Å²) in [4.78, 5) is 0.319. The van der Waals surface area contributed by atoms with Gasteiger partial charge in [-0.25, -0.2) is 0 Å². The van der Waals surface area contributed by atoms with E-state index in [4.69, 9.17) is 5.04 Å². The summed E-state index contributed by atoms with van der Waals surface area (Å²) < 4.78 is 70.3. The van der Waals surface area contributed by atoms with Crippen LogP contribution in [0.1, 0.15) is 193 Å². The second-order valence-corrected chi connectivity index (χ2v) is 29.2. The van der Waals surface area contributed by atoms with Crippen molar-refractivity contribution in [1.29, 1.82) is 0 Å². The molecule has 9 heteroatoms. The zero-order chi connectivity index (χ0) is 38.7. The molecule has 0 aliphatic heterocycles. The van der Waals surface area contributed by atoms with E-state index in [1.54, 1.807) is 24.3 Å². The molecule has 0 saturated heterocycles. The molecule has 6 nitrogen and oxygen atoms in total. The van der Waals surface area contributed by atoms with Crippen molar-refractivity contribution in [3.05, 3.63) is 59.7 Å². The van der Waals surface area contributed by atoms with Crippen LogP contribution in [0.2, 0.25) is 8.87 Å². The van der Waals surface area contributed by atoms with Gasteiger partial charge in [0.15, 0.2) is 0 Å². The van der Waals surface area contributed by atoms with Crippen molar-refractivity contribution in [3.8, 4) is 0 Å². The topological polar surface area (TPSA) is 86.7 Å². The van der Waals surface area contributed by atoms with E-state index in [1.807, 2.05) is 38.1 Å². The van der Waals surface area contributed by atoms with Crippen LogP contribution in [0.25, 0.3) is 0 Å². The minimum atomic E-state index is -4.85. The summed E-state index contributed by atoms with van der Waals surface area (Å²) in [5.74, 6) is 0. The van der Waals surface area contributed by atoms with E-state index in [0.717, 1.165) is 62.5 Å². The van der Waals surface area contributed by atoms with Gasteiger partial charge in [-0.2, -0.15) is 0 Å². The van der Waals surface area contributed by atoms with Gasteiger partial charge in [-0.05, 0) is 0 Å². The Labute approximate surface area is 332 Å². The molecule has 2 aromatic rings. The van der Waals surface area contributed by atoms with Crippen molar-refractivity contribution in [2.45, 2.75) is 213 Å². The van der Waals surface area contributed by atoms with Crippen LogP contribution in [-0.4, -0.2) is 36.0 Å². The van der Waals surface area contributed by atoms with Crippen molar-refractivity contribution in [2.75, 3.05) is 0 Å². The fourth-order valence-electron chi connectivity index (χ4n) is 7.20. The fraction of sp³-hybridized carbons (Fsp3) is 0.727. The molecule has 0 saturated carbocycles. The van der Waals surface area contributed by atoms with Gasteiger partial charge in [-0.1, -0.05) is 52.4 Å². The molecule has 0 aliphatic rings. The van der Waals surface area contributed by atoms with Crippen LogP contribution < -0.4 is 0 Å². The molecule has 0 fully saturated rings. The number of unbranched alkanes of at least 4 members (excludes halogenated alkanes) is 20. The smallest absolute Gasteiger partial charge is 0.0654 e. The molecule has 2 aromatic carbocycles. The number of benzene rings is 2. The third kappa shape index (κ3) is 19.7. The van der Waals surface area contributed by atoms with E-state index in [2.05, 4.69) is 13.8 Å². The summed E-state index contributed by atoms with van der Waals surface area (Å²) in [5, 5.41) is 0. The van der Waals surface area contributed by atoms with Crippen LogP contribution >= 0.6 is 0 Å². The van der Waals surface area contributed by atoms with Gasteiger partial charge >= 0.3 is 282 Å². The molecule has 0 unspecified atom stereocenters. The Morgan fingerprint density at radius 1 is 0.396 bits per heavy atom. The number of rotatable bonds is 34. The molecule has 2 rings (SSSR count). The van der Waals surface area contributed by atoms with Crippen molar-refractivity contribution >= 4 is 39.4 Å². The Kier molecular flexibility index (Phi) is 25.9. The average Bonchev–Trinajstić information content (AvgIpc) is 3.14. The molecule has 0 aliphatic carbocycles. The molecule has 0 atom stereocenters. The first kappa shape index (κ1) is 48.2. The van der Waals surface area contributed by atoms with Gasteiger partial charge in [-0.3, -0.25) is 0 Å². The molecule has 53 heavy (non-hydrogen) atoms. The average molecular weight is 884 g/mol. The summed E-state index contributed by atoms with van der Waals surface area (Å²) in [6.07, 6.45) is 28.5. The van der Waals surface area contributed by atoms with Crippen LogP contribution in [0.5, 0.6) is 0 Å². The van der Waals surface area contributed by atoms with E-state index >= 15 is 0 Å². The number of hydrogen-bond donors (Lipinski definition) is 0. The molecule has 0 radical (unpaired) electrons. The predicted octanol–water partition coefficient (Wildman–Crippen LogP) is 13.8. The zero-order valence-corrected chi connectivity index (χ0v) is 38.7. The predicted molar refractivity (Wildman–Crippen MR) is 226 cm³/mol. The Morgan fingerprint density at radius 2 is 0.679 bits per heavy atom. The first-order chi connectivity index (χ1) is 25.6. The Balaban J connectivity index is 2.16. The maximum absolute atomic E-state index is 14.2. The van der Waals surface area contributed by atoms with Gasteiger partial charge in [0.1, 0.15) is 0 Å². The summed E-state index contributed by atoms with van der Waals surface area (Å²) >= 11 is -4.85. The SMILES string of the molecule is CCCCCCCCCCCCc1ccccc1S(=O)(=O)[O][Sn]([CH2]CCC)([CH2]CCC)[O]S(=O)(=O)c1ccccc1CCCCCCCCCCCC. The van der Waals surface area contributed by atoms with E-state index in [9.17, 15) is 16.8 Å². The first-order valence-electron chi connectivity index (χ1n) is 21.7. The van der Waals surface area contributed by atoms with Crippen LogP contribution in [-0.2, 0) is 38.1 Å². The standard InChI is InChI=1S/2C18H30O3S.2C4H9.Sn/c2*1-2-3-4-5-6-7-8-9-10-11-14-17-15-12-13-16-18(17)22(19,20)21;2*1-3-4-2;/h2*12-13,15-16H,2-11,14H2,1H3,(H,19,20,21);2*1,3-4H2,2H3;/q;;;;+2/p-2. The molecule has 304 valence electrons. The van der Waals surface area contributed by atoms with E-state index in [-0.39, 0.29) is 9.79 Å². The number of aryl methyl sites for hydroxylation is 2. The summed E-state index contributed by atoms with van der Waals surface area (Å²) in [6.45, 7) is 8.55. The molecule has 0 bridgehead atoms. The van der Waals surface area contributed by atoms with Gasteiger partial charge in [0, 0.05) is 0 Å². The van der Waals surface area contributed by atoms with Crippen molar-refractivity contribution in [3.63, 3.8) is 0 Å². The molecular weight excluding hydrogens is 807 g/mol. The van der Waals surface area contributed by atoms with E-state index in [0.29, 0.717) is 34.6 Å². The van der Waals surface area contributed by atoms with Crippen LogP contribution in [0.15, 0.2) is 58.3 Å². The molecule has 0 spiro atoms. The second kappa shape index (κ2) is 28.5. The maximum atomic E-state index is 14.2. The summed E-state index contributed by atoms with van der Waals surface area (Å²) in [7, 11) is -8.53. The third-order valence-corrected chi connectivity index (χ3v) is 28.7. The van der Waals surface area contributed by atoms with Gasteiger partial charge < -0.3 is 0 Å². The minimum absolute atomic E-state index is 0.160. The molecule has 0 aromatic heterocycles. The van der Waals surface area contributed by atoms with Crippen LogP contribution in [0.4, 0.5) is 0 Å². The normalized spacial score (nSPS) is 12.5. The molecule has 0 N–H and O–H groups in total.